The maximum absolute atomic E-state index is 12.0. The van der Waals surface area contributed by atoms with Gasteiger partial charge < -0.3 is 9.15 Å². The van der Waals surface area contributed by atoms with Crippen LogP contribution in [0.5, 0.6) is 5.75 Å². The summed E-state index contributed by atoms with van der Waals surface area (Å²) in [5.41, 5.74) is 0.498. The summed E-state index contributed by atoms with van der Waals surface area (Å²) >= 11 is 0. The number of benzene rings is 1. The third kappa shape index (κ3) is 4.41. The van der Waals surface area contributed by atoms with E-state index in [4.69, 9.17) is 9.15 Å². The molecule has 2 aromatic heterocycles. The minimum absolute atomic E-state index is 0.000977. The minimum atomic E-state index is -0.471. The van der Waals surface area contributed by atoms with Gasteiger partial charge in [-0.2, -0.15) is 0 Å². The zero-order valence-electron chi connectivity index (χ0n) is 13.6. The standard InChI is InChI=1S/C19H14N2O5/c22-19(14-2-1-11-20-12-14)10-9-17-7-8-18(26-17)13-25-16-5-3-15(4-6-16)21(23)24/h1-12H,13H2/b10-9+. The normalized spacial score (nSPS) is 10.8. The average Bonchev–Trinajstić information content (AvgIpc) is 3.13. The Hall–Kier alpha value is -3.74. The molecular weight excluding hydrogens is 336 g/mol. The SMILES string of the molecule is O=C(/C=C/c1ccc(COc2ccc([N+](=O)[O-])cc2)o1)c1cccnc1. The number of nitro groups is 1. The van der Waals surface area contributed by atoms with Crippen LogP contribution in [0.3, 0.4) is 0 Å². The third-order valence-electron chi connectivity index (χ3n) is 3.46. The maximum atomic E-state index is 12.0. The number of hydrogen-bond donors (Lipinski definition) is 0. The van der Waals surface area contributed by atoms with Crippen molar-refractivity contribution in [1.82, 2.24) is 4.98 Å². The van der Waals surface area contributed by atoms with E-state index in [2.05, 4.69) is 4.98 Å². The van der Waals surface area contributed by atoms with Gasteiger partial charge in [0, 0.05) is 30.1 Å². The van der Waals surface area contributed by atoms with Gasteiger partial charge in [-0.1, -0.05) is 0 Å². The first-order chi connectivity index (χ1) is 12.6. The van der Waals surface area contributed by atoms with Gasteiger partial charge in [0.25, 0.3) is 5.69 Å². The quantitative estimate of drug-likeness (QED) is 0.276. The lowest BCUT2D eigenvalue weighted by Gasteiger charge is -2.03. The first-order valence-corrected chi connectivity index (χ1v) is 7.70. The molecule has 0 unspecified atom stereocenters. The molecule has 7 nitrogen and oxygen atoms in total. The van der Waals surface area contributed by atoms with Crippen LogP contribution in [0.4, 0.5) is 5.69 Å². The van der Waals surface area contributed by atoms with E-state index < -0.39 is 4.92 Å². The largest absolute Gasteiger partial charge is 0.486 e. The predicted octanol–water partition coefficient (Wildman–Crippen LogP) is 4.06. The molecule has 0 N–H and O–H groups in total. The lowest BCUT2D eigenvalue weighted by atomic mass is 10.2. The summed E-state index contributed by atoms with van der Waals surface area (Å²) in [6.45, 7) is 0.169. The van der Waals surface area contributed by atoms with Crippen molar-refractivity contribution in [2.75, 3.05) is 0 Å². The molecule has 0 radical (unpaired) electrons. The van der Waals surface area contributed by atoms with Crippen LogP contribution in [0.1, 0.15) is 21.9 Å². The number of non-ortho nitro benzene ring substituents is 1. The molecule has 2 heterocycles. The minimum Gasteiger partial charge on any atom is -0.486 e. The molecule has 0 amide bonds. The highest BCUT2D eigenvalue weighted by molar-refractivity contribution is 6.06. The number of ketones is 1. The van der Waals surface area contributed by atoms with Gasteiger partial charge in [0.15, 0.2) is 5.78 Å². The van der Waals surface area contributed by atoms with E-state index >= 15 is 0 Å². The zero-order valence-corrected chi connectivity index (χ0v) is 13.6. The number of rotatable bonds is 7. The molecular formula is C19H14N2O5. The Balaban J connectivity index is 1.57. The Kier molecular flexibility index (Phi) is 5.19. The van der Waals surface area contributed by atoms with Gasteiger partial charge >= 0.3 is 0 Å². The number of pyridine rings is 1. The van der Waals surface area contributed by atoms with Crippen molar-refractivity contribution in [3.8, 4) is 5.75 Å². The summed E-state index contributed by atoms with van der Waals surface area (Å²) in [7, 11) is 0. The summed E-state index contributed by atoms with van der Waals surface area (Å²) < 4.78 is 11.1. The van der Waals surface area contributed by atoms with Crippen LogP contribution >= 0.6 is 0 Å². The lowest BCUT2D eigenvalue weighted by Crippen LogP contribution is -1.94. The van der Waals surface area contributed by atoms with Crippen LogP contribution in [0.2, 0.25) is 0 Å². The number of aromatic nitrogens is 1. The molecule has 0 aliphatic heterocycles. The summed E-state index contributed by atoms with van der Waals surface area (Å²) in [5.74, 6) is 1.41. The zero-order chi connectivity index (χ0) is 18.4. The van der Waals surface area contributed by atoms with Gasteiger partial charge in [0.2, 0.25) is 0 Å². The lowest BCUT2D eigenvalue weighted by molar-refractivity contribution is -0.384. The van der Waals surface area contributed by atoms with Crippen molar-refractivity contribution in [2.45, 2.75) is 6.61 Å². The van der Waals surface area contributed by atoms with Crippen molar-refractivity contribution in [1.29, 1.82) is 0 Å². The third-order valence-corrected chi connectivity index (χ3v) is 3.46. The smallest absolute Gasteiger partial charge is 0.269 e. The first-order valence-electron chi connectivity index (χ1n) is 7.70. The number of allylic oxidation sites excluding steroid dienone is 1. The molecule has 26 heavy (non-hydrogen) atoms. The van der Waals surface area contributed by atoms with E-state index in [0.29, 0.717) is 22.8 Å². The molecule has 3 aromatic rings. The van der Waals surface area contributed by atoms with E-state index in [1.165, 1.54) is 36.5 Å². The summed E-state index contributed by atoms with van der Waals surface area (Å²) in [4.78, 5) is 26.0. The van der Waals surface area contributed by atoms with Gasteiger partial charge in [0.05, 0.1) is 4.92 Å². The monoisotopic (exact) mass is 350 g/mol. The van der Waals surface area contributed by atoms with Crippen molar-refractivity contribution >= 4 is 17.5 Å². The fourth-order valence-corrected chi connectivity index (χ4v) is 2.14. The number of hydrogen-bond acceptors (Lipinski definition) is 6. The van der Waals surface area contributed by atoms with Crippen molar-refractivity contribution in [2.24, 2.45) is 0 Å². The highest BCUT2D eigenvalue weighted by atomic mass is 16.6. The predicted molar refractivity (Wildman–Crippen MR) is 93.7 cm³/mol. The van der Waals surface area contributed by atoms with Crippen LogP contribution in [-0.2, 0) is 6.61 Å². The highest BCUT2D eigenvalue weighted by Gasteiger charge is 2.06. The fourth-order valence-electron chi connectivity index (χ4n) is 2.14. The molecule has 0 aliphatic carbocycles. The van der Waals surface area contributed by atoms with Crippen LogP contribution in [0, 0.1) is 10.1 Å². The second-order valence-electron chi connectivity index (χ2n) is 5.28. The number of carbonyl (C=O) groups is 1. The molecule has 130 valence electrons. The van der Waals surface area contributed by atoms with E-state index in [0.717, 1.165) is 0 Å². The van der Waals surface area contributed by atoms with E-state index in [1.54, 1.807) is 36.5 Å². The van der Waals surface area contributed by atoms with Crippen molar-refractivity contribution in [3.63, 3.8) is 0 Å². The molecule has 7 heteroatoms. The summed E-state index contributed by atoms with van der Waals surface area (Å²) in [5, 5.41) is 10.6. The summed E-state index contributed by atoms with van der Waals surface area (Å²) in [6.07, 6.45) is 6.09. The van der Waals surface area contributed by atoms with Gasteiger partial charge in [0.1, 0.15) is 23.9 Å². The Morgan fingerprint density at radius 3 is 2.69 bits per heavy atom. The van der Waals surface area contributed by atoms with E-state index in [9.17, 15) is 14.9 Å². The van der Waals surface area contributed by atoms with Crippen molar-refractivity contribution < 1.29 is 18.9 Å². The van der Waals surface area contributed by atoms with Gasteiger partial charge in [-0.15, -0.1) is 0 Å². The van der Waals surface area contributed by atoms with Crippen molar-refractivity contribution in [3.05, 3.63) is 94.2 Å². The molecule has 0 saturated heterocycles. The second-order valence-corrected chi connectivity index (χ2v) is 5.28. The molecule has 0 bridgehead atoms. The van der Waals surface area contributed by atoms with Gasteiger partial charge in [-0.25, -0.2) is 0 Å². The number of nitrogens with zero attached hydrogens (tertiary/aromatic N) is 2. The topological polar surface area (TPSA) is 95.5 Å². The highest BCUT2D eigenvalue weighted by Crippen LogP contribution is 2.19. The van der Waals surface area contributed by atoms with Crippen LogP contribution in [0.25, 0.3) is 6.08 Å². The molecule has 1 aromatic carbocycles. The number of furan rings is 1. The van der Waals surface area contributed by atoms with Gasteiger partial charge in [-0.3, -0.25) is 19.9 Å². The molecule has 0 aliphatic rings. The Labute approximate surface area is 148 Å². The molecule has 0 atom stereocenters. The first kappa shape index (κ1) is 17.1. The maximum Gasteiger partial charge on any atom is 0.269 e. The molecule has 0 saturated carbocycles. The van der Waals surface area contributed by atoms with Crippen LogP contribution < -0.4 is 4.74 Å². The van der Waals surface area contributed by atoms with Crippen LogP contribution in [-0.4, -0.2) is 15.7 Å². The Morgan fingerprint density at radius 2 is 2.00 bits per heavy atom. The van der Waals surface area contributed by atoms with E-state index in [-0.39, 0.29) is 18.1 Å². The number of nitro benzene ring substituents is 1. The Bertz CT molecular complexity index is 930. The molecule has 0 fully saturated rings. The average molecular weight is 350 g/mol. The van der Waals surface area contributed by atoms with E-state index in [1.807, 2.05) is 0 Å². The number of ether oxygens (including phenoxy) is 1. The summed E-state index contributed by atoms with van der Waals surface area (Å²) in [6, 6.07) is 12.6. The fraction of sp³-hybridized carbons (Fsp3) is 0.0526. The number of carbonyl (C=O) groups excluding carboxylic acids is 1. The Morgan fingerprint density at radius 1 is 1.19 bits per heavy atom. The molecule has 0 spiro atoms. The second kappa shape index (κ2) is 7.89. The van der Waals surface area contributed by atoms with Gasteiger partial charge in [-0.05, 0) is 48.6 Å². The molecule has 3 rings (SSSR count). The van der Waals surface area contributed by atoms with Crippen LogP contribution in [0.15, 0.2) is 71.4 Å².